The van der Waals surface area contributed by atoms with Crippen molar-refractivity contribution in [3.05, 3.63) is 76.1 Å². The van der Waals surface area contributed by atoms with Crippen molar-refractivity contribution in [1.29, 1.82) is 0 Å². The average molecular weight is 374 g/mol. The summed E-state index contributed by atoms with van der Waals surface area (Å²) in [6.07, 6.45) is -4.40. The van der Waals surface area contributed by atoms with E-state index in [1.807, 2.05) is 0 Å². The van der Waals surface area contributed by atoms with Gasteiger partial charge in [-0.25, -0.2) is 4.68 Å². The van der Waals surface area contributed by atoms with E-state index in [0.717, 1.165) is 17.7 Å². The summed E-state index contributed by atoms with van der Waals surface area (Å²) in [5.74, 6) is 1.23. The number of halogens is 3. The maximum Gasteiger partial charge on any atom is 0.416 e. The van der Waals surface area contributed by atoms with E-state index in [4.69, 9.17) is 9.47 Å². The molecule has 0 unspecified atom stereocenters. The summed E-state index contributed by atoms with van der Waals surface area (Å²) in [5.41, 5.74) is 0.737. The number of alkyl halides is 3. The van der Waals surface area contributed by atoms with E-state index in [2.05, 4.69) is 5.10 Å². The molecule has 2 heterocycles. The van der Waals surface area contributed by atoms with Crippen LogP contribution in [0.4, 0.5) is 13.2 Å². The molecular weight excluding hydrogens is 361 g/mol. The molecule has 0 saturated heterocycles. The highest BCUT2D eigenvalue weighted by Crippen LogP contribution is 2.35. The van der Waals surface area contributed by atoms with Gasteiger partial charge in [-0.05, 0) is 42.0 Å². The molecule has 27 heavy (non-hydrogen) atoms. The molecule has 0 spiro atoms. The second-order valence-electron chi connectivity index (χ2n) is 5.98. The molecule has 0 bridgehead atoms. The Hall–Kier alpha value is -3.29. The van der Waals surface area contributed by atoms with Gasteiger partial charge in [0.1, 0.15) is 0 Å². The monoisotopic (exact) mass is 374 g/mol. The van der Waals surface area contributed by atoms with Crippen LogP contribution < -0.4 is 15.0 Å². The van der Waals surface area contributed by atoms with Crippen LogP contribution in [-0.2, 0) is 12.7 Å². The van der Waals surface area contributed by atoms with E-state index in [1.54, 1.807) is 24.3 Å². The summed E-state index contributed by atoms with van der Waals surface area (Å²) < 4.78 is 49.8. The molecule has 1 aliphatic heterocycles. The van der Waals surface area contributed by atoms with E-state index < -0.39 is 11.7 Å². The number of nitrogens with zero attached hydrogens (tertiary/aromatic N) is 2. The molecule has 0 saturated carbocycles. The second-order valence-corrected chi connectivity index (χ2v) is 5.98. The van der Waals surface area contributed by atoms with Crippen LogP contribution in [0.15, 0.2) is 59.4 Å². The van der Waals surface area contributed by atoms with Gasteiger partial charge in [0.2, 0.25) is 6.79 Å². The predicted octanol–water partition coefficient (Wildman–Crippen LogP) is 3.71. The fourth-order valence-corrected chi connectivity index (χ4v) is 2.74. The standard InChI is InChI=1S/C19H13F3N2O3/c20-19(21,22)14-4-1-12(2-5-14)10-24-18(25)8-6-15(23-24)13-3-7-16-17(9-13)27-11-26-16/h1-9H,10-11H2. The lowest BCUT2D eigenvalue weighted by Crippen LogP contribution is -2.22. The molecule has 0 amide bonds. The number of hydrogen-bond acceptors (Lipinski definition) is 4. The van der Waals surface area contributed by atoms with Crippen LogP contribution in [0, 0.1) is 0 Å². The van der Waals surface area contributed by atoms with Crippen LogP contribution in [0.2, 0.25) is 0 Å². The van der Waals surface area contributed by atoms with Gasteiger partial charge < -0.3 is 9.47 Å². The number of hydrogen-bond donors (Lipinski definition) is 0. The Bertz CT molecular complexity index is 1040. The summed E-state index contributed by atoms with van der Waals surface area (Å²) in [4.78, 5) is 12.1. The van der Waals surface area contributed by atoms with Crippen molar-refractivity contribution in [2.75, 3.05) is 6.79 Å². The Kier molecular flexibility index (Phi) is 4.10. The lowest BCUT2D eigenvalue weighted by molar-refractivity contribution is -0.137. The minimum absolute atomic E-state index is 0.0648. The van der Waals surface area contributed by atoms with E-state index >= 15 is 0 Å². The number of fused-ring (bicyclic) bond motifs is 1. The van der Waals surface area contributed by atoms with Gasteiger partial charge in [-0.3, -0.25) is 4.79 Å². The molecule has 8 heteroatoms. The maximum atomic E-state index is 12.7. The summed E-state index contributed by atoms with van der Waals surface area (Å²) in [5, 5.41) is 4.32. The zero-order valence-corrected chi connectivity index (χ0v) is 13.9. The molecule has 5 nitrogen and oxygen atoms in total. The molecule has 2 aromatic carbocycles. The summed E-state index contributed by atoms with van der Waals surface area (Å²) in [7, 11) is 0. The van der Waals surface area contributed by atoms with Crippen LogP contribution in [0.3, 0.4) is 0 Å². The second kappa shape index (κ2) is 6.46. The van der Waals surface area contributed by atoms with Crippen LogP contribution >= 0.6 is 0 Å². The molecule has 0 atom stereocenters. The third-order valence-corrected chi connectivity index (χ3v) is 4.15. The van der Waals surface area contributed by atoms with E-state index in [9.17, 15) is 18.0 Å². The largest absolute Gasteiger partial charge is 0.454 e. The summed E-state index contributed by atoms with van der Waals surface area (Å²) >= 11 is 0. The minimum atomic E-state index is -4.40. The first kappa shape index (κ1) is 17.1. The van der Waals surface area contributed by atoms with Crippen molar-refractivity contribution >= 4 is 0 Å². The highest BCUT2D eigenvalue weighted by Gasteiger charge is 2.29. The Morgan fingerprint density at radius 3 is 2.44 bits per heavy atom. The zero-order chi connectivity index (χ0) is 19.0. The Morgan fingerprint density at radius 1 is 0.963 bits per heavy atom. The maximum absolute atomic E-state index is 12.7. The van der Waals surface area contributed by atoms with E-state index in [-0.39, 0.29) is 18.9 Å². The Labute approximate surface area is 151 Å². The van der Waals surface area contributed by atoms with Crippen LogP contribution in [-0.4, -0.2) is 16.6 Å². The molecule has 0 fully saturated rings. The van der Waals surface area contributed by atoms with Crippen LogP contribution in [0.1, 0.15) is 11.1 Å². The SMILES string of the molecule is O=c1ccc(-c2ccc3c(c2)OCO3)nn1Cc1ccc(C(F)(F)F)cc1. The number of ether oxygens (including phenoxy) is 2. The smallest absolute Gasteiger partial charge is 0.416 e. The molecule has 1 aliphatic rings. The first-order chi connectivity index (χ1) is 12.9. The van der Waals surface area contributed by atoms with Gasteiger partial charge in [0.25, 0.3) is 5.56 Å². The minimum Gasteiger partial charge on any atom is -0.454 e. The van der Waals surface area contributed by atoms with Gasteiger partial charge in [0.05, 0.1) is 17.8 Å². The Balaban J connectivity index is 1.62. The molecule has 0 radical (unpaired) electrons. The number of benzene rings is 2. The van der Waals surface area contributed by atoms with E-state index in [0.29, 0.717) is 22.8 Å². The fourth-order valence-electron chi connectivity index (χ4n) is 2.74. The molecule has 0 aliphatic carbocycles. The van der Waals surface area contributed by atoms with Crippen molar-refractivity contribution in [2.24, 2.45) is 0 Å². The predicted molar refractivity (Wildman–Crippen MR) is 90.6 cm³/mol. The Morgan fingerprint density at radius 2 is 1.70 bits per heavy atom. The van der Waals surface area contributed by atoms with Crippen molar-refractivity contribution in [3.63, 3.8) is 0 Å². The van der Waals surface area contributed by atoms with Crippen molar-refractivity contribution < 1.29 is 22.6 Å². The molecule has 3 aromatic rings. The van der Waals surface area contributed by atoms with Gasteiger partial charge in [-0.15, -0.1) is 0 Å². The fraction of sp³-hybridized carbons (Fsp3) is 0.158. The number of rotatable bonds is 3. The third-order valence-electron chi connectivity index (χ3n) is 4.15. The summed E-state index contributed by atoms with van der Waals surface area (Å²) in [6.45, 7) is 0.217. The van der Waals surface area contributed by atoms with Crippen LogP contribution in [0.5, 0.6) is 11.5 Å². The highest BCUT2D eigenvalue weighted by atomic mass is 19.4. The summed E-state index contributed by atoms with van der Waals surface area (Å²) in [6, 6.07) is 12.9. The van der Waals surface area contributed by atoms with Crippen LogP contribution in [0.25, 0.3) is 11.3 Å². The third kappa shape index (κ3) is 3.51. The highest BCUT2D eigenvalue weighted by molar-refractivity contribution is 5.63. The van der Waals surface area contributed by atoms with Crippen molar-refractivity contribution in [2.45, 2.75) is 12.7 Å². The van der Waals surface area contributed by atoms with Crippen molar-refractivity contribution in [3.8, 4) is 22.8 Å². The van der Waals surface area contributed by atoms with Gasteiger partial charge in [-0.2, -0.15) is 18.3 Å². The quantitative estimate of drug-likeness (QED) is 0.701. The zero-order valence-electron chi connectivity index (χ0n) is 13.9. The van der Waals surface area contributed by atoms with Gasteiger partial charge in [0.15, 0.2) is 11.5 Å². The molecule has 1 aromatic heterocycles. The lowest BCUT2D eigenvalue weighted by Gasteiger charge is -2.10. The molecule has 4 rings (SSSR count). The number of aromatic nitrogens is 2. The normalized spacial score (nSPS) is 13.0. The van der Waals surface area contributed by atoms with Gasteiger partial charge in [0, 0.05) is 11.6 Å². The topological polar surface area (TPSA) is 53.4 Å². The molecule has 138 valence electrons. The first-order valence-corrected chi connectivity index (χ1v) is 8.04. The van der Waals surface area contributed by atoms with E-state index in [1.165, 1.54) is 22.9 Å². The van der Waals surface area contributed by atoms with Crippen molar-refractivity contribution in [1.82, 2.24) is 9.78 Å². The first-order valence-electron chi connectivity index (χ1n) is 8.04. The lowest BCUT2D eigenvalue weighted by atomic mass is 10.1. The molecular formula is C19H13F3N2O3. The molecule has 0 N–H and O–H groups in total. The van der Waals surface area contributed by atoms with Gasteiger partial charge in [-0.1, -0.05) is 12.1 Å². The average Bonchev–Trinajstić information content (AvgIpc) is 3.11. The van der Waals surface area contributed by atoms with Gasteiger partial charge >= 0.3 is 6.18 Å².